The maximum atomic E-state index is 12.0. The molecule has 0 spiro atoms. The molecule has 0 radical (unpaired) electrons. The van der Waals surface area contributed by atoms with Gasteiger partial charge in [0.05, 0.1) is 0 Å². The maximum Gasteiger partial charge on any atom is 0.282 e. The highest BCUT2D eigenvalue weighted by Crippen LogP contribution is 2.23. The number of anilines is 1. The number of benzene rings is 2. The van der Waals surface area contributed by atoms with E-state index >= 15 is 0 Å². The molecule has 0 saturated carbocycles. The van der Waals surface area contributed by atoms with Crippen molar-refractivity contribution in [2.45, 2.75) is 0 Å². The van der Waals surface area contributed by atoms with Crippen LogP contribution in [0, 0.1) is 0 Å². The predicted octanol–water partition coefficient (Wildman–Crippen LogP) is 2.95. The molecule has 4 nitrogen and oxygen atoms in total. The predicted molar refractivity (Wildman–Crippen MR) is 82.0 cm³/mol. The highest BCUT2D eigenvalue weighted by Gasteiger charge is 2.23. The zero-order valence-electron chi connectivity index (χ0n) is 10.8. The number of thioether (sulfide) groups is 1. The number of nitrogens with one attached hydrogen (secondary N) is 1. The van der Waals surface area contributed by atoms with Crippen molar-refractivity contribution < 1.29 is 9.59 Å². The summed E-state index contributed by atoms with van der Waals surface area (Å²) >= 11 is 1.26. The lowest BCUT2D eigenvalue weighted by Crippen LogP contribution is -2.33. The van der Waals surface area contributed by atoms with Gasteiger partial charge >= 0.3 is 0 Å². The molecule has 3 rings (SSSR count). The van der Waals surface area contributed by atoms with Gasteiger partial charge in [0.2, 0.25) is 5.91 Å². The molecule has 1 fully saturated rings. The number of amides is 2. The number of carbonyl (C=O) groups excluding carboxylic acids is 2. The van der Waals surface area contributed by atoms with Crippen molar-refractivity contribution in [3.8, 4) is 0 Å². The quantitative estimate of drug-likeness (QED) is 0.943. The summed E-state index contributed by atoms with van der Waals surface area (Å²) in [5.41, 5.74) is 0.785. The Labute approximate surface area is 121 Å². The van der Waals surface area contributed by atoms with Crippen molar-refractivity contribution in [1.29, 1.82) is 0 Å². The maximum absolute atomic E-state index is 12.0. The largest absolute Gasteiger partial charge is 0.324 e. The summed E-state index contributed by atoms with van der Waals surface area (Å²) in [4.78, 5) is 25.1. The van der Waals surface area contributed by atoms with Crippen molar-refractivity contribution in [2.24, 2.45) is 0 Å². The molecule has 0 atom stereocenters. The van der Waals surface area contributed by atoms with Gasteiger partial charge in [0.15, 0.2) is 0 Å². The van der Waals surface area contributed by atoms with E-state index in [0.29, 0.717) is 6.54 Å². The Bertz CT molecular complexity index is 666. The summed E-state index contributed by atoms with van der Waals surface area (Å²) in [5.74, 6) is 0.609. The molecular formula is C15H14N2O2S. The lowest BCUT2D eigenvalue weighted by atomic mass is 10.1. The first kappa shape index (κ1) is 13.0. The number of rotatable bonds is 3. The monoisotopic (exact) mass is 286 g/mol. The number of fused-ring (bicyclic) bond motifs is 1. The van der Waals surface area contributed by atoms with Crippen LogP contribution in [0.1, 0.15) is 0 Å². The van der Waals surface area contributed by atoms with E-state index < -0.39 is 0 Å². The van der Waals surface area contributed by atoms with Crippen molar-refractivity contribution >= 4 is 39.4 Å². The van der Waals surface area contributed by atoms with Crippen LogP contribution >= 0.6 is 11.8 Å². The molecule has 1 aliphatic heterocycles. The minimum absolute atomic E-state index is 0.0157. The smallest absolute Gasteiger partial charge is 0.282 e. The number of carbonyl (C=O) groups is 2. The fourth-order valence-electron chi connectivity index (χ4n) is 2.27. The molecule has 0 aromatic heterocycles. The van der Waals surface area contributed by atoms with E-state index in [1.165, 1.54) is 11.8 Å². The third kappa shape index (κ3) is 2.63. The zero-order valence-corrected chi connectivity index (χ0v) is 11.7. The first-order valence-electron chi connectivity index (χ1n) is 6.43. The summed E-state index contributed by atoms with van der Waals surface area (Å²) < 4.78 is 0. The van der Waals surface area contributed by atoms with Gasteiger partial charge in [0.25, 0.3) is 5.24 Å². The second kappa shape index (κ2) is 5.54. The number of hydrogen-bond acceptors (Lipinski definition) is 3. The van der Waals surface area contributed by atoms with Crippen LogP contribution in [0.25, 0.3) is 10.8 Å². The van der Waals surface area contributed by atoms with Gasteiger partial charge in [0, 0.05) is 23.4 Å². The van der Waals surface area contributed by atoms with E-state index in [1.54, 1.807) is 4.90 Å². The molecule has 2 amide bonds. The van der Waals surface area contributed by atoms with Crippen LogP contribution in [-0.2, 0) is 4.79 Å². The van der Waals surface area contributed by atoms with E-state index in [4.69, 9.17) is 0 Å². The van der Waals surface area contributed by atoms with Crippen LogP contribution < -0.4 is 5.32 Å². The third-order valence-electron chi connectivity index (χ3n) is 3.24. The van der Waals surface area contributed by atoms with Gasteiger partial charge in [-0.15, -0.1) is 0 Å². The molecular weight excluding hydrogens is 272 g/mol. The van der Waals surface area contributed by atoms with Crippen LogP contribution in [0.3, 0.4) is 0 Å². The van der Waals surface area contributed by atoms with E-state index in [9.17, 15) is 9.59 Å². The highest BCUT2D eigenvalue weighted by molar-refractivity contribution is 8.13. The van der Waals surface area contributed by atoms with Crippen LogP contribution in [0.2, 0.25) is 0 Å². The highest BCUT2D eigenvalue weighted by atomic mass is 32.2. The fraction of sp³-hybridized carbons (Fsp3) is 0.200. The molecule has 1 saturated heterocycles. The minimum atomic E-state index is -0.155. The first-order chi connectivity index (χ1) is 9.74. The lowest BCUT2D eigenvalue weighted by Gasteiger charge is -2.15. The average molecular weight is 286 g/mol. The molecule has 20 heavy (non-hydrogen) atoms. The van der Waals surface area contributed by atoms with Gasteiger partial charge < -0.3 is 10.2 Å². The second-order valence-electron chi connectivity index (χ2n) is 4.61. The van der Waals surface area contributed by atoms with E-state index in [0.717, 1.165) is 22.2 Å². The van der Waals surface area contributed by atoms with Crippen molar-refractivity contribution in [3.05, 3.63) is 42.5 Å². The van der Waals surface area contributed by atoms with Gasteiger partial charge in [-0.3, -0.25) is 9.59 Å². The normalized spacial score (nSPS) is 14.8. The zero-order chi connectivity index (χ0) is 13.9. The number of nitrogens with zero attached hydrogens (tertiary/aromatic N) is 1. The van der Waals surface area contributed by atoms with Gasteiger partial charge in [0.1, 0.15) is 6.54 Å². The van der Waals surface area contributed by atoms with E-state index in [1.807, 2.05) is 42.5 Å². The topological polar surface area (TPSA) is 49.4 Å². The standard InChI is InChI=1S/C15H14N2O2S/c18-14(10-17-8-9-20-15(17)19)16-13-7-3-5-11-4-1-2-6-12(11)13/h1-7H,8-10H2,(H,16,18). The molecule has 2 aromatic rings. The molecule has 5 heteroatoms. The third-order valence-corrected chi connectivity index (χ3v) is 4.13. The van der Waals surface area contributed by atoms with Gasteiger partial charge in [-0.1, -0.05) is 48.2 Å². The van der Waals surface area contributed by atoms with Crippen molar-refractivity contribution in [1.82, 2.24) is 4.90 Å². The van der Waals surface area contributed by atoms with Crippen LogP contribution in [0.15, 0.2) is 42.5 Å². The molecule has 2 aromatic carbocycles. The van der Waals surface area contributed by atoms with Gasteiger partial charge in [-0.2, -0.15) is 0 Å². The van der Waals surface area contributed by atoms with Crippen molar-refractivity contribution in [3.63, 3.8) is 0 Å². The average Bonchev–Trinajstić information content (AvgIpc) is 2.85. The summed E-state index contributed by atoms with van der Waals surface area (Å²) in [7, 11) is 0. The van der Waals surface area contributed by atoms with Gasteiger partial charge in [-0.25, -0.2) is 0 Å². The Morgan fingerprint density at radius 1 is 1.20 bits per heavy atom. The Hall–Kier alpha value is -2.01. The second-order valence-corrected chi connectivity index (χ2v) is 5.66. The lowest BCUT2D eigenvalue weighted by molar-refractivity contribution is -0.116. The molecule has 0 aliphatic carbocycles. The summed E-state index contributed by atoms with van der Waals surface area (Å²) in [6.45, 7) is 0.765. The minimum Gasteiger partial charge on any atom is -0.324 e. The Morgan fingerprint density at radius 3 is 2.80 bits per heavy atom. The molecule has 1 N–H and O–H groups in total. The summed E-state index contributed by atoms with van der Waals surface area (Å²) in [5, 5.41) is 4.96. The van der Waals surface area contributed by atoms with Crippen LogP contribution in [-0.4, -0.2) is 34.9 Å². The van der Waals surface area contributed by atoms with E-state index in [2.05, 4.69) is 5.32 Å². The van der Waals surface area contributed by atoms with Crippen LogP contribution in [0.4, 0.5) is 10.5 Å². The van der Waals surface area contributed by atoms with Gasteiger partial charge in [-0.05, 0) is 11.5 Å². The summed E-state index contributed by atoms with van der Waals surface area (Å²) in [6.07, 6.45) is 0. The number of hydrogen-bond donors (Lipinski definition) is 1. The molecule has 1 aliphatic rings. The van der Waals surface area contributed by atoms with Crippen molar-refractivity contribution in [2.75, 3.05) is 24.2 Å². The first-order valence-corrected chi connectivity index (χ1v) is 7.42. The fourth-order valence-corrected chi connectivity index (χ4v) is 3.09. The summed E-state index contributed by atoms with van der Waals surface area (Å²) in [6, 6.07) is 13.7. The molecule has 0 unspecified atom stereocenters. The SMILES string of the molecule is O=C(CN1CCSC1=O)Nc1cccc2ccccc12. The Balaban J connectivity index is 1.76. The van der Waals surface area contributed by atoms with E-state index in [-0.39, 0.29) is 17.7 Å². The molecule has 102 valence electrons. The Morgan fingerprint density at radius 2 is 2.00 bits per heavy atom. The van der Waals surface area contributed by atoms with Crippen LogP contribution in [0.5, 0.6) is 0 Å². The molecule has 0 bridgehead atoms. The Kier molecular flexibility index (Phi) is 3.60. The molecule has 1 heterocycles.